The third kappa shape index (κ3) is 3.17. The molecule has 0 amide bonds. The molecule has 1 heterocycles. The maximum atomic E-state index is 10.6. The highest BCUT2D eigenvalue weighted by atomic mass is 35.5. The molecule has 96 valence electrons. The SMILES string of the molecule is C=N/N=C(/c1ccc(C=O)cc1)N1C=CC(Cl)=CC1. The van der Waals surface area contributed by atoms with Gasteiger partial charge in [0.25, 0.3) is 0 Å². The Hall–Kier alpha value is -2.20. The molecule has 0 fully saturated rings. The number of halogens is 1. The summed E-state index contributed by atoms with van der Waals surface area (Å²) in [5.74, 6) is 0.657. The lowest BCUT2D eigenvalue weighted by molar-refractivity contribution is 0.112. The zero-order valence-corrected chi connectivity index (χ0v) is 10.9. The van der Waals surface area contributed by atoms with Gasteiger partial charge in [0, 0.05) is 35.6 Å². The van der Waals surface area contributed by atoms with Crippen molar-refractivity contribution in [1.29, 1.82) is 0 Å². The number of benzene rings is 1. The van der Waals surface area contributed by atoms with E-state index < -0.39 is 0 Å². The molecule has 19 heavy (non-hydrogen) atoms. The zero-order valence-electron chi connectivity index (χ0n) is 10.2. The normalized spacial score (nSPS) is 15.1. The zero-order chi connectivity index (χ0) is 13.7. The maximum absolute atomic E-state index is 10.6. The van der Waals surface area contributed by atoms with Gasteiger partial charge in [-0.2, -0.15) is 5.10 Å². The number of rotatable bonds is 3. The van der Waals surface area contributed by atoms with Crippen LogP contribution in [0.5, 0.6) is 0 Å². The van der Waals surface area contributed by atoms with Gasteiger partial charge in [0.2, 0.25) is 0 Å². The molecule has 0 radical (unpaired) electrons. The van der Waals surface area contributed by atoms with Crippen LogP contribution in [0.1, 0.15) is 15.9 Å². The summed E-state index contributed by atoms with van der Waals surface area (Å²) in [5, 5.41) is 8.32. The highest BCUT2D eigenvalue weighted by Crippen LogP contribution is 2.15. The number of nitrogens with zero attached hydrogens (tertiary/aromatic N) is 3. The van der Waals surface area contributed by atoms with Crippen molar-refractivity contribution in [1.82, 2.24) is 4.90 Å². The molecule has 1 aromatic rings. The average molecular weight is 274 g/mol. The third-order valence-corrected chi connectivity index (χ3v) is 2.92. The smallest absolute Gasteiger partial charge is 0.162 e. The lowest BCUT2D eigenvalue weighted by Gasteiger charge is -2.22. The van der Waals surface area contributed by atoms with Gasteiger partial charge in [-0.3, -0.25) is 4.79 Å². The minimum absolute atomic E-state index is 0.610. The summed E-state index contributed by atoms with van der Waals surface area (Å²) >= 11 is 5.88. The molecule has 1 aliphatic rings. The second-order valence-corrected chi connectivity index (χ2v) is 4.30. The largest absolute Gasteiger partial charge is 0.327 e. The molecule has 5 heteroatoms. The Labute approximate surface area is 116 Å². The van der Waals surface area contributed by atoms with Crippen LogP contribution in [0.25, 0.3) is 0 Å². The molecule has 0 unspecified atom stereocenters. The molecule has 0 aromatic heterocycles. The summed E-state index contributed by atoms with van der Waals surface area (Å²) in [6.45, 7) is 3.99. The number of aldehydes is 1. The highest BCUT2D eigenvalue weighted by molar-refractivity contribution is 6.31. The first kappa shape index (κ1) is 13.2. The van der Waals surface area contributed by atoms with Crippen LogP contribution in [-0.2, 0) is 0 Å². The first-order chi connectivity index (χ1) is 9.24. The quantitative estimate of drug-likeness (QED) is 0.368. The highest BCUT2D eigenvalue weighted by Gasteiger charge is 2.13. The van der Waals surface area contributed by atoms with Gasteiger partial charge in [0.1, 0.15) is 6.29 Å². The fourth-order valence-corrected chi connectivity index (χ4v) is 1.82. The van der Waals surface area contributed by atoms with E-state index in [0.29, 0.717) is 23.0 Å². The lowest BCUT2D eigenvalue weighted by atomic mass is 10.1. The van der Waals surface area contributed by atoms with Crippen molar-refractivity contribution >= 4 is 30.4 Å². The minimum Gasteiger partial charge on any atom is -0.327 e. The van der Waals surface area contributed by atoms with Crippen LogP contribution < -0.4 is 0 Å². The van der Waals surface area contributed by atoms with Gasteiger partial charge >= 0.3 is 0 Å². The fourth-order valence-electron chi connectivity index (χ4n) is 1.69. The van der Waals surface area contributed by atoms with E-state index in [1.54, 1.807) is 18.2 Å². The maximum Gasteiger partial charge on any atom is 0.162 e. The van der Waals surface area contributed by atoms with Crippen LogP contribution in [0.3, 0.4) is 0 Å². The van der Waals surface area contributed by atoms with Crippen molar-refractivity contribution in [3.8, 4) is 0 Å². The molecular formula is C14H12ClN3O. The van der Waals surface area contributed by atoms with Gasteiger partial charge in [0.05, 0.1) is 0 Å². The van der Waals surface area contributed by atoms with E-state index in [0.717, 1.165) is 11.8 Å². The van der Waals surface area contributed by atoms with Crippen LogP contribution in [0.15, 0.2) is 57.9 Å². The van der Waals surface area contributed by atoms with Crippen molar-refractivity contribution in [2.24, 2.45) is 10.2 Å². The van der Waals surface area contributed by atoms with E-state index in [4.69, 9.17) is 11.6 Å². The predicted molar refractivity (Wildman–Crippen MR) is 77.7 cm³/mol. The summed E-state index contributed by atoms with van der Waals surface area (Å²) in [6, 6.07) is 7.11. The molecule has 4 nitrogen and oxygen atoms in total. The van der Waals surface area contributed by atoms with Crippen LogP contribution in [0.4, 0.5) is 0 Å². The van der Waals surface area contributed by atoms with Crippen molar-refractivity contribution < 1.29 is 4.79 Å². The van der Waals surface area contributed by atoms with Gasteiger partial charge in [-0.05, 0) is 12.2 Å². The van der Waals surface area contributed by atoms with Gasteiger partial charge in [-0.15, -0.1) is 5.10 Å². The number of hydrogen-bond donors (Lipinski definition) is 0. The van der Waals surface area contributed by atoms with Gasteiger partial charge in [0.15, 0.2) is 5.84 Å². The molecule has 1 aromatic carbocycles. The summed E-state index contributed by atoms with van der Waals surface area (Å²) in [7, 11) is 0. The van der Waals surface area contributed by atoms with Crippen LogP contribution in [0, 0.1) is 0 Å². The van der Waals surface area contributed by atoms with E-state index in [2.05, 4.69) is 16.9 Å². The summed E-state index contributed by atoms with van der Waals surface area (Å²) in [4.78, 5) is 12.5. The van der Waals surface area contributed by atoms with Crippen LogP contribution in [0.2, 0.25) is 0 Å². The third-order valence-electron chi connectivity index (χ3n) is 2.64. The van der Waals surface area contributed by atoms with Gasteiger partial charge < -0.3 is 4.90 Å². The molecule has 0 aliphatic carbocycles. The van der Waals surface area contributed by atoms with E-state index in [1.165, 1.54) is 0 Å². The molecule has 0 N–H and O–H groups in total. The molecule has 0 atom stereocenters. The second kappa shape index (κ2) is 6.11. The molecule has 2 rings (SSSR count). The molecule has 1 aliphatic heterocycles. The first-order valence-electron chi connectivity index (χ1n) is 5.64. The van der Waals surface area contributed by atoms with Crippen molar-refractivity contribution in [3.63, 3.8) is 0 Å². The average Bonchev–Trinajstić information content (AvgIpc) is 2.46. The standard InChI is InChI=1S/C14H12ClN3O/c1-16-17-14(18-8-6-13(15)7-9-18)12-4-2-11(10-19)3-5-12/h2-8,10H,1,9H2/b17-14-. The molecular weight excluding hydrogens is 262 g/mol. The summed E-state index contributed by atoms with van der Waals surface area (Å²) in [6.07, 6.45) is 6.29. The number of carbonyl (C=O) groups excluding carboxylic acids is 1. The van der Waals surface area contributed by atoms with Crippen molar-refractivity contribution in [2.45, 2.75) is 0 Å². The Bertz CT molecular complexity index is 573. The number of amidine groups is 1. The molecule has 0 saturated heterocycles. The molecule has 0 bridgehead atoms. The van der Waals surface area contributed by atoms with Gasteiger partial charge in [-0.1, -0.05) is 35.9 Å². The van der Waals surface area contributed by atoms with E-state index in [9.17, 15) is 4.79 Å². The Balaban J connectivity index is 2.30. The molecule has 0 saturated carbocycles. The molecule has 0 spiro atoms. The lowest BCUT2D eigenvalue weighted by Crippen LogP contribution is -2.28. The monoisotopic (exact) mass is 273 g/mol. The van der Waals surface area contributed by atoms with Crippen LogP contribution in [-0.4, -0.2) is 30.3 Å². The van der Waals surface area contributed by atoms with E-state index >= 15 is 0 Å². The Morgan fingerprint density at radius 2 is 2.11 bits per heavy atom. The number of hydrogen-bond acceptors (Lipinski definition) is 3. The van der Waals surface area contributed by atoms with E-state index in [1.807, 2.05) is 29.3 Å². The predicted octanol–water partition coefficient (Wildman–Crippen LogP) is 2.81. The van der Waals surface area contributed by atoms with Crippen molar-refractivity contribution in [3.05, 3.63) is 58.8 Å². The number of allylic oxidation sites excluding steroid dienone is 2. The van der Waals surface area contributed by atoms with Crippen molar-refractivity contribution in [2.75, 3.05) is 6.54 Å². The summed E-state index contributed by atoms with van der Waals surface area (Å²) in [5.41, 5.74) is 1.47. The first-order valence-corrected chi connectivity index (χ1v) is 6.02. The number of carbonyl (C=O) groups is 1. The van der Waals surface area contributed by atoms with Crippen LogP contribution >= 0.6 is 11.6 Å². The topological polar surface area (TPSA) is 45.0 Å². The second-order valence-electron chi connectivity index (χ2n) is 3.86. The summed E-state index contributed by atoms with van der Waals surface area (Å²) < 4.78 is 0. The van der Waals surface area contributed by atoms with Gasteiger partial charge in [-0.25, -0.2) is 0 Å². The Morgan fingerprint density at radius 3 is 2.63 bits per heavy atom. The Kier molecular flexibility index (Phi) is 4.26. The minimum atomic E-state index is 0.610. The Morgan fingerprint density at radius 1 is 1.37 bits per heavy atom. The van der Waals surface area contributed by atoms with E-state index in [-0.39, 0.29) is 0 Å². The fraction of sp³-hybridized carbons (Fsp3) is 0.0714.